The summed E-state index contributed by atoms with van der Waals surface area (Å²) < 4.78 is 0. The molecule has 0 amide bonds. The lowest BCUT2D eigenvalue weighted by atomic mass is 10.1. The smallest absolute Gasteiger partial charge is 0.193 e. The monoisotopic (exact) mass is 515 g/mol. The number of hydrogen-bond acceptors (Lipinski definition) is 3. The van der Waals surface area contributed by atoms with Gasteiger partial charge in [0.25, 0.3) is 0 Å². The third-order valence-corrected chi connectivity index (χ3v) is 6.08. The minimum absolute atomic E-state index is 0. The van der Waals surface area contributed by atoms with E-state index in [0.717, 1.165) is 57.6 Å². The summed E-state index contributed by atoms with van der Waals surface area (Å²) in [7, 11) is 4.12. The van der Waals surface area contributed by atoms with E-state index in [4.69, 9.17) is 0 Å². The highest BCUT2D eigenvalue weighted by molar-refractivity contribution is 14.0. The van der Waals surface area contributed by atoms with Gasteiger partial charge in [0.15, 0.2) is 5.96 Å². The van der Waals surface area contributed by atoms with Gasteiger partial charge in [-0.1, -0.05) is 44.2 Å². The van der Waals surface area contributed by atoms with Crippen molar-refractivity contribution in [2.75, 3.05) is 53.4 Å². The fourth-order valence-corrected chi connectivity index (χ4v) is 3.99. The Kier molecular flexibility index (Phi) is 12.8. The Bertz CT molecular complexity index is 576. The fourth-order valence-electron chi connectivity index (χ4n) is 3.99. The summed E-state index contributed by atoms with van der Waals surface area (Å²) in [5.74, 6) is 1.83. The molecule has 1 heterocycles. The van der Waals surface area contributed by atoms with Gasteiger partial charge in [-0.05, 0) is 51.4 Å². The molecule has 6 heteroatoms. The van der Waals surface area contributed by atoms with Crippen LogP contribution in [0.25, 0.3) is 0 Å². The van der Waals surface area contributed by atoms with Crippen molar-refractivity contribution >= 4 is 29.9 Å². The molecule has 1 fully saturated rings. The molecule has 0 aromatic heterocycles. The summed E-state index contributed by atoms with van der Waals surface area (Å²) in [6, 6.07) is 11.2. The van der Waals surface area contributed by atoms with Crippen LogP contribution in [0, 0.1) is 5.92 Å². The number of guanidine groups is 1. The molecule has 5 nitrogen and oxygen atoms in total. The van der Waals surface area contributed by atoms with E-state index >= 15 is 0 Å². The number of aliphatic imine (C=N–C) groups is 1. The molecule has 29 heavy (non-hydrogen) atoms. The van der Waals surface area contributed by atoms with E-state index < -0.39 is 0 Å². The van der Waals surface area contributed by atoms with Gasteiger partial charge in [0, 0.05) is 45.8 Å². The van der Waals surface area contributed by atoms with Crippen molar-refractivity contribution in [2.24, 2.45) is 10.9 Å². The molecule has 0 aliphatic carbocycles. The first-order valence-electron chi connectivity index (χ1n) is 11.0. The van der Waals surface area contributed by atoms with Crippen LogP contribution in [0.2, 0.25) is 0 Å². The molecule has 2 atom stereocenters. The molecule has 0 radical (unpaired) electrons. The number of halogens is 1. The van der Waals surface area contributed by atoms with Crippen molar-refractivity contribution in [1.82, 2.24) is 20.0 Å². The Hall–Kier alpha value is -0.860. The highest BCUT2D eigenvalue weighted by Gasteiger charge is 2.25. The molecule has 1 aliphatic heterocycles. The molecule has 1 aromatic carbocycles. The van der Waals surface area contributed by atoms with E-state index in [2.05, 4.69) is 83.2 Å². The van der Waals surface area contributed by atoms with E-state index in [1.807, 2.05) is 7.05 Å². The zero-order valence-corrected chi connectivity index (χ0v) is 21.4. The molecule has 0 spiro atoms. The number of nitrogens with one attached hydrogen (secondary N) is 1. The average Bonchev–Trinajstić information content (AvgIpc) is 3.18. The van der Waals surface area contributed by atoms with Crippen molar-refractivity contribution in [3.63, 3.8) is 0 Å². The van der Waals surface area contributed by atoms with Crippen molar-refractivity contribution in [3.05, 3.63) is 35.9 Å². The van der Waals surface area contributed by atoms with Crippen molar-refractivity contribution in [3.8, 4) is 0 Å². The minimum atomic E-state index is 0. The molecule has 1 aliphatic rings. The summed E-state index contributed by atoms with van der Waals surface area (Å²) in [6.07, 6.45) is 2.38. The van der Waals surface area contributed by atoms with Crippen molar-refractivity contribution in [1.29, 1.82) is 0 Å². The van der Waals surface area contributed by atoms with Gasteiger partial charge in [0.2, 0.25) is 0 Å². The summed E-state index contributed by atoms with van der Waals surface area (Å²) in [5.41, 5.74) is 1.37. The highest BCUT2D eigenvalue weighted by atomic mass is 127. The second-order valence-electron chi connectivity index (χ2n) is 8.10. The largest absolute Gasteiger partial charge is 0.356 e. The van der Waals surface area contributed by atoms with Crippen LogP contribution < -0.4 is 5.32 Å². The number of benzene rings is 1. The third kappa shape index (κ3) is 8.80. The van der Waals surface area contributed by atoms with E-state index in [1.165, 1.54) is 18.5 Å². The fraction of sp³-hybridized carbons (Fsp3) is 0.696. The van der Waals surface area contributed by atoms with Gasteiger partial charge in [-0.3, -0.25) is 9.89 Å². The Morgan fingerprint density at radius 1 is 1.24 bits per heavy atom. The molecular weight excluding hydrogens is 473 g/mol. The van der Waals surface area contributed by atoms with Crippen molar-refractivity contribution in [2.45, 2.75) is 46.2 Å². The zero-order chi connectivity index (χ0) is 20.4. The number of rotatable bonds is 10. The van der Waals surface area contributed by atoms with Crippen LogP contribution in [0.3, 0.4) is 0 Å². The quantitative estimate of drug-likeness (QED) is 0.293. The Balaban J connectivity index is 0.00000420. The normalized spacial score (nSPS) is 18.2. The van der Waals surface area contributed by atoms with E-state index in [1.54, 1.807) is 0 Å². The maximum absolute atomic E-state index is 4.54. The first-order chi connectivity index (χ1) is 13.6. The summed E-state index contributed by atoms with van der Waals surface area (Å²) in [5, 5.41) is 3.60. The van der Waals surface area contributed by atoms with Crippen LogP contribution in [0.4, 0.5) is 0 Å². The predicted octanol–water partition coefficient (Wildman–Crippen LogP) is 3.75. The topological polar surface area (TPSA) is 34.1 Å². The lowest BCUT2D eigenvalue weighted by Gasteiger charge is -2.27. The standard InChI is InChI=1S/C23H41N5.HI/c1-6-27(7-2)18-22-14-16-28(19-22)23(24-4)25-15-13-20(3)26(5)17-21-11-9-8-10-12-21;/h8-12,20,22H,6-7,13-19H2,1-5H3,(H,24,25);1H. The van der Waals surface area contributed by atoms with E-state index in [-0.39, 0.29) is 24.0 Å². The molecule has 166 valence electrons. The summed E-state index contributed by atoms with van der Waals surface area (Å²) >= 11 is 0. The Labute approximate surface area is 195 Å². The summed E-state index contributed by atoms with van der Waals surface area (Å²) in [4.78, 5) is 11.9. The van der Waals surface area contributed by atoms with Gasteiger partial charge in [0.1, 0.15) is 0 Å². The maximum Gasteiger partial charge on any atom is 0.193 e. The Morgan fingerprint density at radius 3 is 2.55 bits per heavy atom. The average molecular weight is 516 g/mol. The van der Waals surface area contributed by atoms with Crippen LogP contribution in [0.1, 0.15) is 39.2 Å². The van der Waals surface area contributed by atoms with Crippen LogP contribution in [0.5, 0.6) is 0 Å². The van der Waals surface area contributed by atoms with Gasteiger partial charge in [-0.25, -0.2) is 0 Å². The maximum atomic E-state index is 4.54. The first-order valence-corrected chi connectivity index (χ1v) is 11.0. The van der Waals surface area contributed by atoms with Crippen LogP contribution in [0.15, 0.2) is 35.3 Å². The molecule has 0 saturated carbocycles. The van der Waals surface area contributed by atoms with Gasteiger partial charge >= 0.3 is 0 Å². The third-order valence-electron chi connectivity index (χ3n) is 6.08. The predicted molar refractivity (Wildman–Crippen MR) is 136 cm³/mol. The van der Waals surface area contributed by atoms with Crippen LogP contribution in [-0.2, 0) is 6.54 Å². The highest BCUT2D eigenvalue weighted by Crippen LogP contribution is 2.17. The summed E-state index contributed by atoms with van der Waals surface area (Å²) in [6.45, 7) is 14.5. The molecule has 1 aromatic rings. The van der Waals surface area contributed by atoms with Gasteiger partial charge in [-0.15, -0.1) is 24.0 Å². The van der Waals surface area contributed by atoms with E-state index in [9.17, 15) is 0 Å². The lowest BCUT2D eigenvalue weighted by molar-refractivity contribution is 0.238. The van der Waals surface area contributed by atoms with Crippen molar-refractivity contribution < 1.29 is 0 Å². The number of likely N-dealkylation sites (tertiary alicyclic amines) is 1. The first kappa shape index (κ1) is 26.2. The second-order valence-corrected chi connectivity index (χ2v) is 8.10. The minimum Gasteiger partial charge on any atom is -0.356 e. The number of hydrogen-bond donors (Lipinski definition) is 1. The second kappa shape index (κ2) is 14.2. The van der Waals surface area contributed by atoms with Gasteiger partial charge in [0.05, 0.1) is 0 Å². The van der Waals surface area contributed by atoms with Crippen LogP contribution >= 0.6 is 24.0 Å². The van der Waals surface area contributed by atoms with Gasteiger partial charge < -0.3 is 15.1 Å². The molecule has 1 saturated heterocycles. The molecule has 2 rings (SSSR count). The molecule has 0 bridgehead atoms. The number of nitrogens with zero attached hydrogens (tertiary/aromatic N) is 4. The molecule has 1 N–H and O–H groups in total. The Morgan fingerprint density at radius 2 is 1.93 bits per heavy atom. The van der Waals surface area contributed by atoms with Gasteiger partial charge in [-0.2, -0.15) is 0 Å². The molecule has 2 unspecified atom stereocenters. The SMILES string of the molecule is CCN(CC)CC1CCN(C(=NC)NCCC(C)N(C)Cc2ccccc2)C1.I. The van der Waals surface area contributed by atoms with E-state index in [0.29, 0.717) is 6.04 Å². The zero-order valence-electron chi connectivity index (χ0n) is 19.1. The van der Waals surface area contributed by atoms with Crippen LogP contribution in [-0.4, -0.2) is 80.1 Å². The lowest BCUT2D eigenvalue weighted by Crippen LogP contribution is -2.42. The molecular formula is C23H42IN5.